The SMILES string of the molecule is CCCCCCCCS(=O)(=O)SB(SS(=O)(=O)CCCCCCCC)SS(=O)(=O)CCCCCCCC. The van der Waals surface area contributed by atoms with Crippen molar-refractivity contribution in [2.75, 3.05) is 17.3 Å². The fourth-order valence-electron chi connectivity index (χ4n) is 3.73. The highest BCUT2D eigenvalue weighted by atomic mass is 33.2. The van der Waals surface area contributed by atoms with Gasteiger partial charge in [0.25, 0.3) is 0 Å². The van der Waals surface area contributed by atoms with E-state index in [1.807, 2.05) is 0 Å². The zero-order chi connectivity index (χ0) is 28.0. The quantitative estimate of drug-likeness (QED) is 0.0500. The molecule has 0 unspecified atom stereocenters. The molecule has 0 saturated carbocycles. The molecule has 0 aromatic carbocycles. The van der Waals surface area contributed by atoms with E-state index in [0.717, 1.165) is 96.3 Å². The van der Waals surface area contributed by atoms with Gasteiger partial charge in [0.15, 0.2) is 26.6 Å². The van der Waals surface area contributed by atoms with E-state index in [9.17, 15) is 25.3 Å². The van der Waals surface area contributed by atoms with Crippen LogP contribution >= 0.6 is 31.9 Å². The molecule has 0 heterocycles. The molecule has 0 rings (SSSR count). The third-order valence-corrected chi connectivity index (χ3v) is 19.4. The van der Waals surface area contributed by atoms with Crippen molar-refractivity contribution in [1.29, 1.82) is 0 Å². The van der Waals surface area contributed by atoms with E-state index < -0.39 is 31.2 Å². The van der Waals surface area contributed by atoms with Crippen LogP contribution in [0.5, 0.6) is 0 Å². The highest BCUT2D eigenvalue weighted by Crippen LogP contribution is 2.40. The zero-order valence-corrected chi connectivity index (χ0v) is 28.2. The van der Waals surface area contributed by atoms with E-state index in [0.29, 0.717) is 51.2 Å². The largest absolute Gasteiger partial charge is 0.391 e. The summed E-state index contributed by atoms with van der Waals surface area (Å²) in [5.41, 5.74) is 0. The fraction of sp³-hybridized carbons (Fsp3) is 1.00. The van der Waals surface area contributed by atoms with E-state index in [1.165, 1.54) is 0 Å². The Bertz CT molecular complexity index is 748. The molecular formula is C24H51BO6S6. The Kier molecular flexibility index (Phi) is 23.2. The molecule has 37 heavy (non-hydrogen) atoms. The molecule has 0 N–H and O–H groups in total. The number of rotatable bonds is 27. The van der Waals surface area contributed by atoms with Crippen LogP contribution in [0.3, 0.4) is 0 Å². The van der Waals surface area contributed by atoms with Gasteiger partial charge in [-0.2, -0.15) is 0 Å². The average Bonchev–Trinajstić information content (AvgIpc) is 2.79. The molecule has 0 radical (unpaired) electrons. The minimum Gasteiger partial charge on any atom is -0.218 e. The molecule has 0 fully saturated rings. The van der Waals surface area contributed by atoms with E-state index in [4.69, 9.17) is 0 Å². The van der Waals surface area contributed by atoms with Gasteiger partial charge in [-0.1, -0.05) is 149 Å². The minimum absolute atomic E-state index is 0.0592. The summed E-state index contributed by atoms with van der Waals surface area (Å²) in [5.74, 6) is -0.177. The summed E-state index contributed by atoms with van der Waals surface area (Å²) >= 11 is 0. The summed E-state index contributed by atoms with van der Waals surface area (Å²) in [5, 5.41) is 0. The molecule has 0 atom stereocenters. The van der Waals surface area contributed by atoms with Gasteiger partial charge in [0.05, 0.1) is 17.3 Å². The third kappa shape index (κ3) is 24.5. The monoisotopic (exact) mass is 638 g/mol. The van der Waals surface area contributed by atoms with Crippen molar-refractivity contribution in [3.63, 3.8) is 0 Å². The van der Waals surface area contributed by atoms with Crippen LogP contribution in [-0.4, -0.2) is 47.1 Å². The summed E-state index contributed by atoms with van der Waals surface area (Å²) < 4.78 is 75.5. The first kappa shape index (κ1) is 38.0. The fourth-order valence-corrected chi connectivity index (χ4v) is 20.8. The Morgan fingerprint density at radius 2 is 0.595 bits per heavy atom. The second kappa shape index (κ2) is 22.6. The third-order valence-electron chi connectivity index (χ3n) is 5.92. The molecule has 0 aliphatic heterocycles. The Hall–Kier alpha value is 0.965. The van der Waals surface area contributed by atoms with Crippen molar-refractivity contribution >= 4 is 63.1 Å². The lowest BCUT2D eigenvalue weighted by atomic mass is 10.1. The van der Waals surface area contributed by atoms with Crippen LogP contribution in [0.25, 0.3) is 0 Å². The Balaban J connectivity index is 5.04. The molecule has 0 aromatic heterocycles. The van der Waals surface area contributed by atoms with E-state index in [-0.39, 0.29) is 17.3 Å². The van der Waals surface area contributed by atoms with Crippen LogP contribution in [0, 0.1) is 0 Å². The molecule has 0 aliphatic carbocycles. The maximum absolute atomic E-state index is 12.8. The van der Waals surface area contributed by atoms with Crippen LogP contribution in [0.4, 0.5) is 0 Å². The molecule has 0 amide bonds. The van der Waals surface area contributed by atoms with Crippen molar-refractivity contribution < 1.29 is 25.3 Å². The summed E-state index contributed by atoms with van der Waals surface area (Å²) in [6.45, 7) is 6.37. The Morgan fingerprint density at radius 1 is 0.378 bits per heavy atom. The smallest absolute Gasteiger partial charge is 0.218 e. The van der Waals surface area contributed by atoms with E-state index in [1.54, 1.807) is 0 Å². The normalized spacial score (nSPS) is 12.7. The first-order chi connectivity index (χ1) is 17.5. The standard InChI is InChI=1S/C24H51BO6S6/c1-4-7-10-13-16-19-22-35(26,27)32-25(33-36(28,29)23-20-17-14-11-8-5-2)34-37(30,31)24-21-18-15-12-9-6-3/h4-24H2,1-3H3. The Labute approximate surface area is 240 Å². The zero-order valence-electron chi connectivity index (χ0n) is 23.3. The summed E-state index contributed by atoms with van der Waals surface area (Å²) in [4.78, 5) is 0. The van der Waals surface area contributed by atoms with Crippen molar-refractivity contribution in [2.24, 2.45) is 0 Å². The van der Waals surface area contributed by atoms with Crippen molar-refractivity contribution in [2.45, 2.75) is 136 Å². The van der Waals surface area contributed by atoms with Crippen LogP contribution < -0.4 is 0 Å². The van der Waals surface area contributed by atoms with Gasteiger partial charge in [-0.15, -0.1) is 0 Å². The molecule has 0 aromatic rings. The van der Waals surface area contributed by atoms with Gasteiger partial charge in [0.1, 0.15) is 0 Å². The minimum atomic E-state index is -3.64. The molecule has 0 spiro atoms. The van der Waals surface area contributed by atoms with Gasteiger partial charge in [-0.3, -0.25) is 0 Å². The Morgan fingerprint density at radius 3 is 0.838 bits per heavy atom. The van der Waals surface area contributed by atoms with Crippen LogP contribution in [-0.2, 0) is 26.6 Å². The van der Waals surface area contributed by atoms with Gasteiger partial charge in [0.2, 0.25) is 0 Å². The van der Waals surface area contributed by atoms with Crippen LogP contribution in [0.15, 0.2) is 0 Å². The average molecular weight is 639 g/mol. The lowest BCUT2D eigenvalue weighted by molar-refractivity contribution is 0.594. The molecule has 0 aliphatic rings. The first-order valence-corrected chi connectivity index (χ1v) is 23.3. The highest BCUT2D eigenvalue weighted by molar-refractivity contribution is 9.15. The lowest BCUT2D eigenvalue weighted by Gasteiger charge is -2.13. The summed E-state index contributed by atoms with van der Waals surface area (Å²) in [6, 6.07) is 0. The molecule has 6 nitrogen and oxygen atoms in total. The lowest BCUT2D eigenvalue weighted by Crippen LogP contribution is -2.16. The first-order valence-electron chi connectivity index (χ1n) is 14.2. The molecule has 0 saturated heterocycles. The second-order valence-electron chi connectivity index (χ2n) is 9.67. The van der Waals surface area contributed by atoms with Crippen molar-refractivity contribution in [1.82, 2.24) is 0 Å². The number of hydrogen-bond acceptors (Lipinski definition) is 9. The maximum atomic E-state index is 12.8. The predicted octanol–water partition coefficient (Wildman–Crippen LogP) is 8.24. The van der Waals surface area contributed by atoms with Crippen molar-refractivity contribution in [3.8, 4) is 0 Å². The van der Waals surface area contributed by atoms with Gasteiger partial charge in [-0.25, -0.2) is 25.3 Å². The second-order valence-corrected chi connectivity index (χ2v) is 23.4. The van der Waals surface area contributed by atoms with E-state index >= 15 is 0 Å². The molecular weight excluding hydrogens is 587 g/mol. The van der Waals surface area contributed by atoms with Crippen molar-refractivity contribution in [3.05, 3.63) is 0 Å². The van der Waals surface area contributed by atoms with E-state index in [2.05, 4.69) is 20.8 Å². The predicted molar refractivity (Wildman–Crippen MR) is 170 cm³/mol. The van der Waals surface area contributed by atoms with Gasteiger partial charge in [0, 0.05) is 0 Å². The van der Waals surface area contributed by atoms with Gasteiger partial charge >= 0.3 is 4.55 Å². The topological polar surface area (TPSA) is 102 Å². The van der Waals surface area contributed by atoms with Gasteiger partial charge in [-0.05, 0) is 19.3 Å². The highest BCUT2D eigenvalue weighted by Gasteiger charge is 2.35. The summed E-state index contributed by atoms with van der Waals surface area (Å²) in [6.07, 6.45) is 16.8. The van der Waals surface area contributed by atoms with Gasteiger partial charge < -0.3 is 0 Å². The van der Waals surface area contributed by atoms with Crippen LogP contribution in [0.1, 0.15) is 136 Å². The maximum Gasteiger partial charge on any atom is 0.391 e. The molecule has 0 bridgehead atoms. The molecule has 13 heteroatoms. The summed E-state index contributed by atoms with van der Waals surface area (Å²) in [7, 11) is -9.40. The number of unbranched alkanes of at least 4 members (excludes halogenated alkanes) is 15. The van der Waals surface area contributed by atoms with Crippen LogP contribution in [0.2, 0.25) is 0 Å². The molecule has 222 valence electrons. The number of hydrogen-bond donors (Lipinski definition) is 0.